The van der Waals surface area contributed by atoms with Crippen LogP contribution in [0.2, 0.25) is 20.1 Å². The fourth-order valence-corrected chi connectivity index (χ4v) is 15.4. The third-order valence-electron chi connectivity index (χ3n) is 20.2. The zero-order chi connectivity index (χ0) is 87.5. The number of nitrogens with two attached hydrogens (primary N) is 1. The van der Waals surface area contributed by atoms with Crippen molar-refractivity contribution in [2.45, 2.75) is 99.7 Å². The lowest BCUT2D eigenvalue weighted by atomic mass is 10.0. The molecule has 0 saturated heterocycles. The van der Waals surface area contributed by atoms with Crippen molar-refractivity contribution in [1.29, 1.82) is 0 Å². The first-order valence-electron chi connectivity index (χ1n) is 39.1. The van der Waals surface area contributed by atoms with E-state index in [0.717, 1.165) is 155 Å². The number of imidazole rings is 6. The molecule has 0 amide bonds. The van der Waals surface area contributed by atoms with E-state index in [1.807, 2.05) is 227 Å². The van der Waals surface area contributed by atoms with Gasteiger partial charge in [0.2, 0.25) is 0 Å². The third-order valence-corrected chi connectivity index (χ3v) is 22.1. The van der Waals surface area contributed by atoms with Crippen LogP contribution in [0.5, 0.6) is 5.75 Å². The molecular formula is C95H87Cl4F3IN13O7. The van der Waals surface area contributed by atoms with Gasteiger partial charge in [-0.3, -0.25) is 0 Å². The van der Waals surface area contributed by atoms with Crippen LogP contribution in [0.25, 0.3) is 101 Å². The molecular weight excluding hydrogens is 1760 g/mol. The molecule has 630 valence electrons. The maximum absolute atomic E-state index is 12.9. The van der Waals surface area contributed by atoms with Gasteiger partial charge in [-0.2, -0.15) is 13.2 Å². The van der Waals surface area contributed by atoms with Gasteiger partial charge in [-0.1, -0.05) is 156 Å². The Morgan fingerprint density at radius 3 is 1.20 bits per heavy atom. The second-order valence-corrected chi connectivity index (χ2v) is 32.0. The van der Waals surface area contributed by atoms with Crippen LogP contribution in [0.4, 0.5) is 13.2 Å². The summed E-state index contributed by atoms with van der Waals surface area (Å²) in [5.41, 5.74) is 30.0. The Hall–Kier alpha value is -11.3. The number of hydrogen-bond acceptors (Lipinski definition) is 14. The van der Waals surface area contributed by atoms with E-state index >= 15 is 0 Å². The van der Waals surface area contributed by atoms with Crippen LogP contribution in [0, 0.1) is 38.2 Å². The van der Waals surface area contributed by atoms with E-state index in [1.165, 1.54) is 26.7 Å². The largest absolute Gasteiger partial charge is 0.497 e. The predicted molar refractivity (Wildman–Crippen MR) is 489 cm³/mol. The Morgan fingerprint density at radius 2 is 0.772 bits per heavy atom. The predicted octanol–water partition coefficient (Wildman–Crippen LogP) is 21.2. The monoisotopic (exact) mass is 1850 g/mol. The number of ether oxygens (including phenoxy) is 1. The van der Waals surface area contributed by atoms with Crippen molar-refractivity contribution in [2.24, 2.45) is 5.73 Å². The zero-order valence-electron chi connectivity index (χ0n) is 68.0. The van der Waals surface area contributed by atoms with Crippen molar-refractivity contribution >= 4 is 103 Å². The lowest BCUT2D eigenvalue weighted by Crippen LogP contribution is -2.07. The fraction of sp³-hybridized carbons (Fsp3) is 0.179. The van der Waals surface area contributed by atoms with Gasteiger partial charge in [0.25, 0.3) is 0 Å². The Labute approximate surface area is 741 Å². The number of pyridine rings is 6. The van der Waals surface area contributed by atoms with Crippen LogP contribution in [0.3, 0.4) is 0 Å². The van der Waals surface area contributed by atoms with E-state index in [2.05, 4.69) is 76.8 Å². The summed E-state index contributed by atoms with van der Waals surface area (Å²) in [6, 6.07) is 65.9. The van der Waals surface area contributed by atoms with E-state index in [4.69, 9.17) is 56.9 Å². The SMILES string of the molecule is COc1cccc(-c2nc3ccc(C(F)(F)F)cn3c2CO)c1.Cc1ccc2nc(-c3ccc(CCCN)cc3)c(CO)n2c1.Cc1ccc2nc(-c3ccc(Cl)cc3)c(C(C)O)n2c1.Cc1ccc2nc(-c3ccc(Cl)cc3Cl)c(CO)n2c1.Cc1ccc2nc(-c3ccc(I)cc3)c(CO)n2c1.Cc1ccc2nc(-c3ccccc3Cl)c(CO)n2c1. The lowest BCUT2D eigenvalue weighted by molar-refractivity contribution is -0.137. The molecule has 12 aromatic heterocycles. The molecule has 0 aliphatic heterocycles. The van der Waals surface area contributed by atoms with Gasteiger partial charge in [-0.15, -0.1) is 0 Å². The molecule has 123 heavy (non-hydrogen) atoms. The molecule has 0 aliphatic carbocycles. The average Bonchev–Trinajstić information content (AvgIpc) is 1.65. The summed E-state index contributed by atoms with van der Waals surface area (Å²) in [6.07, 6.45) is 7.79. The highest BCUT2D eigenvalue weighted by Crippen LogP contribution is 2.38. The quantitative estimate of drug-likeness (QED) is 0.0444. The number of halogens is 8. The summed E-state index contributed by atoms with van der Waals surface area (Å²) in [4.78, 5) is 27.4. The molecule has 0 radical (unpaired) electrons. The van der Waals surface area contributed by atoms with Crippen LogP contribution in [-0.2, 0) is 45.6 Å². The van der Waals surface area contributed by atoms with Crippen molar-refractivity contribution in [3.63, 3.8) is 0 Å². The highest BCUT2D eigenvalue weighted by atomic mass is 127. The number of aliphatic hydroxyl groups excluding tert-OH is 6. The molecule has 18 rings (SSSR count). The summed E-state index contributed by atoms with van der Waals surface area (Å²) in [7, 11) is 1.52. The number of fused-ring (bicyclic) bond motifs is 6. The van der Waals surface area contributed by atoms with Crippen LogP contribution in [-0.4, -0.2) is 101 Å². The molecule has 0 spiro atoms. The van der Waals surface area contributed by atoms with Crippen molar-refractivity contribution in [3.8, 4) is 73.3 Å². The second kappa shape index (κ2) is 39.9. The minimum absolute atomic E-state index is 0.0219. The first-order chi connectivity index (χ1) is 59.2. The van der Waals surface area contributed by atoms with Crippen LogP contribution >= 0.6 is 69.0 Å². The van der Waals surface area contributed by atoms with Crippen LogP contribution in [0.15, 0.2) is 250 Å². The first kappa shape index (κ1) is 89.4. The van der Waals surface area contributed by atoms with Crippen LogP contribution < -0.4 is 10.5 Å². The molecule has 0 aliphatic rings. The number of methoxy groups -OCH3 is 1. The molecule has 20 nitrogen and oxygen atoms in total. The Bertz CT molecular complexity index is 6770. The smallest absolute Gasteiger partial charge is 0.417 e. The average molecular weight is 1850 g/mol. The van der Waals surface area contributed by atoms with Crippen molar-refractivity contribution < 1.29 is 48.5 Å². The van der Waals surface area contributed by atoms with E-state index < -0.39 is 24.5 Å². The minimum Gasteiger partial charge on any atom is -0.497 e. The second-order valence-electron chi connectivity index (χ2n) is 29.1. The molecule has 1 atom stereocenters. The van der Waals surface area contributed by atoms with E-state index in [-0.39, 0.29) is 26.4 Å². The number of hydrogen-bond donors (Lipinski definition) is 7. The van der Waals surface area contributed by atoms with Crippen molar-refractivity contribution in [1.82, 2.24) is 56.3 Å². The zero-order valence-corrected chi connectivity index (χ0v) is 73.1. The van der Waals surface area contributed by atoms with Crippen LogP contribution in [0.1, 0.15) is 92.6 Å². The molecule has 0 fully saturated rings. The van der Waals surface area contributed by atoms with Gasteiger partial charge in [0.15, 0.2) is 0 Å². The Balaban J connectivity index is 0.000000127. The number of benzene rings is 6. The molecule has 18 aromatic rings. The number of aliphatic hydroxyl groups is 6. The summed E-state index contributed by atoms with van der Waals surface area (Å²) >= 11 is 26.6. The van der Waals surface area contributed by atoms with Crippen molar-refractivity contribution in [3.05, 3.63) is 346 Å². The molecule has 12 heterocycles. The molecule has 8 N–H and O–H groups in total. The molecule has 1 unspecified atom stereocenters. The summed E-state index contributed by atoms with van der Waals surface area (Å²) in [5.74, 6) is 0.597. The van der Waals surface area contributed by atoms with Gasteiger partial charge in [0.1, 0.15) is 39.6 Å². The highest BCUT2D eigenvalue weighted by molar-refractivity contribution is 14.1. The standard InChI is InChI=1S/C18H21N3O.C16H15ClN2O.C16H13F3N2O2.C15H12Cl2N2O.C15H13ClN2O.C15H13IN2O/c1-13-4-9-17-20-18(16(12-22)21(17)11-13)15-7-5-14(6-8-15)3-2-10-19;1-10-3-8-14-18-15(12-4-6-13(17)7-5-12)16(11(2)20)19(14)9-10;1-23-12-4-2-3-10(7-12)15-13(9-22)21-8-11(16(17,18)19)5-6-14(21)20-15;1-9-2-5-14-18-15(13(8-20)19(14)7-9)11-4-3-10(16)6-12(11)17;1-10-6-7-14-17-15(13(9-19)18(14)8-10)11-4-2-3-5-12(11)16;1-10-2-7-14-17-15(13(9-19)18(14)8-10)11-3-5-12(16)6-4-11/h4-9,11,22H,2-3,10,12,19H2,1H3;3-9,11,20H,1-2H3;2-8,22H,9H2,1H3;2-7,20H,8H2,1H3;2*2-8,19H,9H2,1H3. The van der Waals surface area contributed by atoms with E-state index in [9.17, 15) is 43.8 Å². The van der Waals surface area contributed by atoms with Crippen molar-refractivity contribution in [2.75, 3.05) is 13.7 Å². The van der Waals surface area contributed by atoms with Gasteiger partial charge in [0.05, 0.1) is 130 Å². The normalized spacial score (nSPS) is 11.6. The fourth-order valence-electron chi connectivity index (χ4n) is 14.2. The summed E-state index contributed by atoms with van der Waals surface area (Å²) in [6.45, 7) is 11.9. The lowest BCUT2D eigenvalue weighted by Gasteiger charge is -2.08. The number of nitrogens with zero attached hydrogens (tertiary/aromatic N) is 12. The Kier molecular flexibility index (Phi) is 29.0. The number of alkyl halides is 3. The minimum atomic E-state index is -4.46. The molecule has 28 heteroatoms. The molecule has 6 aromatic carbocycles. The number of rotatable bonds is 16. The van der Waals surface area contributed by atoms with Gasteiger partial charge < -0.3 is 67.5 Å². The maximum atomic E-state index is 12.9. The number of aromatic nitrogens is 12. The van der Waals surface area contributed by atoms with E-state index in [1.54, 1.807) is 43.3 Å². The topological polar surface area (TPSA) is 260 Å². The highest BCUT2D eigenvalue weighted by Gasteiger charge is 2.32. The maximum Gasteiger partial charge on any atom is 0.417 e. The number of aryl methyl sites for hydroxylation is 6. The molecule has 0 saturated carbocycles. The van der Waals surface area contributed by atoms with Gasteiger partial charge in [-0.05, 0) is 220 Å². The van der Waals surface area contributed by atoms with E-state index in [0.29, 0.717) is 66.4 Å². The first-order valence-corrected chi connectivity index (χ1v) is 41.7. The summed E-state index contributed by atoms with van der Waals surface area (Å²) in [5, 5.41) is 60.9. The van der Waals surface area contributed by atoms with Gasteiger partial charge >= 0.3 is 6.18 Å². The Morgan fingerprint density at radius 1 is 0.398 bits per heavy atom. The van der Waals surface area contributed by atoms with Gasteiger partial charge in [0, 0.05) is 84.2 Å². The molecule has 0 bridgehead atoms. The van der Waals surface area contributed by atoms with Gasteiger partial charge in [-0.25, -0.2) is 29.9 Å². The third kappa shape index (κ3) is 20.5. The summed E-state index contributed by atoms with van der Waals surface area (Å²) < 4.78 is 55.9.